The van der Waals surface area contributed by atoms with Crippen LogP contribution in [0.25, 0.3) is 0 Å². The van der Waals surface area contributed by atoms with E-state index in [-0.39, 0.29) is 0 Å². The zero-order valence-corrected chi connectivity index (χ0v) is 7.77. The second kappa shape index (κ2) is 3.03. The van der Waals surface area contributed by atoms with Crippen molar-refractivity contribution < 1.29 is 9.79 Å². The van der Waals surface area contributed by atoms with Gasteiger partial charge in [0.05, 0.1) is 0 Å². The van der Waals surface area contributed by atoms with Crippen LogP contribution in [-0.2, 0) is 11.8 Å². The van der Waals surface area contributed by atoms with Crippen LogP contribution in [0.3, 0.4) is 0 Å². The summed E-state index contributed by atoms with van der Waals surface area (Å²) < 4.78 is 0. The lowest BCUT2D eigenvalue weighted by Crippen LogP contribution is -2.06. The van der Waals surface area contributed by atoms with Crippen LogP contribution < -0.4 is 5.30 Å². The molecule has 60 valence electrons. The Bertz CT molecular complexity index is 305. The molecule has 0 spiro atoms. The van der Waals surface area contributed by atoms with Gasteiger partial charge in [0.25, 0.3) is 0 Å². The molecule has 0 radical (unpaired) electrons. The number of rotatable bonds is 1. The highest BCUT2D eigenvalue weighted by molar-refractivity contribution is 8.12. The number of benzene rings is 1. The Hall–Kier alpha value is -0.210. The SMILES string of the molecule is Cc1ccccc1P(O)(O)=S. The molecule has 2 N–H and O–H groups in total. The molecule has 2 nitrogen and oxygen atoms in total. The van der Waals surface area contributed by atoms with Crippen molar-refractivity contribution in [1.82, 2.24) is 0 Å². The van der Waals surface area contributed by atoms with Crippen LogP contribution in [0, 0.1) is 6.92 Å². The molecular formula is C7H9O2PS. The third kappa shape index (κ3) is 2.11. The highest BCUT2D eigenvalue weighted by Gasteiger charge is 2.12. The molecule has 0 saturated heterocycles. The van der Waals surface area contributed by atoms with E-state index in [2.05, 4.69) is 11.8 Å². The first-order valence-corrected chi connectivity index (χ1v) is 5.84. The minimum absolute atomic E-state index is 0.481. The zero-order chi connectivity index (χ0) is 8.48. The molecule has 0 aliphatic heterocycles. The molecule has 1 aromatic rings. The largest absolute Gasteiger partial charge is 0.342 e. The molecule has 0 unspecified atom stereocenters. The van der Waals surface area contributed by atoms with Crippen LogP contribution in [0.2, 0.25) is 0 Å². The van der Waals surface area contributed by atoms with Crippen molar-refractivity contribution in [1.29, 1.82) is 0 Å². The number of hydrogen-bond donors (Lipinski definition) is 2. The Kier molecular flexibility index (Phi) is 2.45. The molecule has 0 fully saturated rings. The van der Waals surface area contributed by atoms with Gasteiger partial charge in [-0.2, -0.15) is 0 Å². The van der Waals surface area contributed by atoms with Crippen LogP contribution in [0.15, 0.2) is 24.3 Å². The summed E-state index contributed by atoms with van der Waals surface area (Å²) in [6, 6.07) is 7.04. The van der Waals surface area contributed by atoms with E-state index < -0.39 is 6.49 Å². The van der Waals surface area contributed by atoms with Gasteiger partial charge in [0, 0.05) is 5.30 Å². The Balaban J connectivity index is 3.25. The number of hydrogen-bond acceptors (Lipinski definition) is 1. The minimum Gasteiger partial charge on any atom is -0.342 e. The van der Waals surface area contributed by atoms with Gasteiger partial charge in [-0.05, 0) is 30.4 Å². The third-order valence-electron chi connectivity index (χ3n) is 1.43. The molecule has 0 saturated carbocycles. The molecule has 1 rings (SSSR count). The lowest BCUT2D eigenvalue weighted by Gasteiger charge is -2.09. The molecule has 1 aromatic carbocycles. The highest BCUT2D eigenvalue weighted by Crippen LogP contribution is 2.34. The van der Waals surface area contributed by atoms with E-state index in [0.717, 1.165) is 5.56 Å². The molecule has 0 aliphatic carbocycles. The van der Waals surface area contributed by atoms with E-state index in [1.165, 1.54) is 0 Å². The molecule has 0 aliphatic rings. The fraction of sp³-hybridized carbons (Fsp3) is 0.143. The molecule has 11 heavy (non-hydrogen) atoms. The van der Waals surface area contributed by atoms with Gasteiger partial charge in [-0.25, -0.2) is 0 Å². The van der Waals surface area contributed by atoms with Gasteiger partial charge < -0.3 is 9.79 Å². The van der Waals surface area contributed by atoms with Gasteiger partial charge >= 0.3 is 0 Å². The Morgan fingerprint density at radius 3 is 2.18 bits per heavy atom. The summed E-state index contributed by atoms with van der Waals surface area (Å²) in [7, 11) is 0. The van der Waals surface area contributed by atoms with E-state index in [1.807, 2.05) is 19.1 Å². The Morgan fingerprint density at radius 1 is 1.27 bits per heavy atom. The second-order valence-corrected chi connectivity index (χ2v) is 5.43. The summed E-state index contributed by atoms with van der Waals surface area (Å²) in [5.74, 6) is 0. The lowest BCUT2D eigenvalue weighted by molar-refractivity contribution is 0.493. The van der Waals surface area contributed by atoms with Gasteiger partial charge in [0.15, 0.2) is 0 Å². The maximum atomic E-state index is 9.15. The normalized spacial score (nSPS) is 11.5. The lowest BCUT2D eigenvalue weighted by atomic mass is 10.2. The van der Waals surface area contributed by atoms with Crippen LogP contribution in [-0.4, -0.2) is 9.79 Å². The molecule has 0 atom stereocenters. The van der Waals surface area contributed by atoms with Gasteiger partial charge in [-0.3, -0.25) is 0 Å². The van der Waals surface area contributed by atoms with Gasteiger partial charge in [0.2, 0.25) is 6.49 Å². The van der Waals surface area contributed by atoms with Crippen molar-refractivity contribution in [3.8, 4) is 0 Å². The maximum absolute atomic E-state index is 9.15. The molecular weight excluding hydrogens is 179 g/mol. The predicted molar refractivity (Wildman–Crippen MR) is 49.5 cm³/mol. The van der Waals surface area contributed by atoms with Crippen molar-refractivity contribution >= 4 is 23.6 Å². The van der Waals surface area contributed by atoms with E-state index in [9.17, 15) is 0 Å². The molecule has 4 heteroatoms. The summed E-state index contributed by atoms with van der Waals surface area (Å²) in [5, 5.41) is 0.481. The second-order valence-electron chi connectivity index (χ2n) is 2.33. The topological polar surface area (TPSA) is 40.5 Å². The molecule has 0 bridgehead atoms. The van der Waals surface area contributed by atoms with Gasteiger partial charge in [-0.1, -0.05) is 18.2 Å². The van der Waals surface area contributed by atoms with Crippen molar-refractivity contribution in [2.75, 3.05) is 0 Å². The summed E-state index contributed by atoms with van der Waals surface area (Å²) in [4.78, 5) is 18.3. The van der Waals surface area contributed by atoms with E-state index in [0.29, 0.717) is 5.30 Å². The fourth-order valence-corrected chi connectivity index (χ4v) is 2.32. The smallest absolute Gasteiger partial charge is 0.214 e. The molecule has 0 heterocycles. The van der Waals surface area contributed by atoms with Gasteiger partial charge in [-0.15, -0.1) is 0 Å². The first-order chi connectivity index (χ1) is 5.02. The summed E-state index contributed by atoms with van der Waals surface area (Å²) in [6.45, 7) is -1.41. The maximum Gasteiger partial charge on any atom is 0.214 e. The average Bonchev–Trinajstić information content (AvgIpc) is 1.86. The van der Waals surface area contributed by atoms with Crippen molar-refractivity contribution in [3.05, 3.63) is 29.8 Å². The van der Waals surface area contributed by atoms with Gasteiger partial charge in [0.1, 0.15) is 0 Å². The van der Waals surface area contributed by atoms with Crippen LogP contribution in [0.1, 0.15) is 5.56 Å². The van der Waals surface area contributed by atoms with Crippen LogP contribution in [0.4, 0.5) is 0 Å². The quantitative estimate of drug-likeness (QED) is 0.644. The Morgan fingerprint density at radius 2 is 1.82 bits per heavy atom. The first-order valence-electron chi connectivity index (χ1n) is 3.13. The number of aryl methyl sites for hydroxylation is 1. The minimum atomic E-state index is -3.22. The first kappa shape index (κ1) is 8.88. The van der Waals surface area contributed by atoms with E-state index >= 15 is 0 Å². The van der Waals surface area contributed by atoms with E-state index in [4.69, 9.17) is 9.79 Å². The molecule has 0 amide bonds. The van der Waals surface area contributed by atoms with Crippen molar-refractivity contribution in [3.63, 3.8) is 0 Å². The highest BCUT2D eigenvalue weighted by atomic mass is 32.5. The van der Waals surface area contributed by atoms with Crippen LogP contribution in [0.5, 0.6) is 0 Å². The standard InChI is InChI=1S/C7H9O2PS/c1-6-4-2-3-5-7(6)10(8,9)11/h2-5H,1H3,(H2,8,9,11). The predicted octanol–water partition coefficient (Wildman–Crippen LogP) is 0.914. The van der Waals surface area contributed by atoms with Crippen LogP contribution >= 0.6 is 6.49 Å². The summed E-state index contributed by atoms with van der Waals surface area (Å²) >= 11 is 4.56. The molecule has 0 aromatic heterocycles. The van der Waals surface area contributed by atoms with Crippen molar-refractivity contribution in [2.24, 2.45) is 0 Å². The summed E-state index contributed by atoms with van der Waals surface area (Å²) in [6.07, 6.45) is 0. The third-order valence-corrected chi connectivity index (χ3v) is 3.15. The van der Waals surface area contributed by atoms with E-state index in [1.54, 1.807) is 12.1 Å². The van der Waals surface area contributed by atoms with Crippen molar-refractivity contribution in [2.45, 2.75) is 6.92 Å². The summed E-state index contributed by atoms with van der Waals surface area (Å²) in [5.41, 5.74) is 0.834. The monoisotopic (exact) mass is 188 g/mol. The average molecular weight is 188 g/mol. The fourth-order valence-electron chi connectivity index (χ4n) is 0.890. The zero-order valence-electron chi connectivity index (χ0n) is 6.06. The Labute approximate surface area is 70.7 Å².